The number of fused-ring (bicyclic) bond motifs is 1. The van der Waals surface area contributed by atoms with Crippen molar-refractivity contribution >= 4 is 17.8 Å². The lowest BCUT2D eigenvalue weighted by molar-refractivity contribution is -0.125. The maximum absolute atomic E-state index is 12.5. The van der Waals surface area contributed by atoms with Crippen LogP contribution in [0, 0.1) is 17.8 Å². The molecule has 7 nitrogen and oxygen atoms in total. The van der Waals surface area contributed by atoms with Crippen LogP contribution in [0.3, 0.4) is 0 Å². The van der Waals surface area contributed by atoms with Gasteiger partial charge in [0, 0.05) is 44.2 Å². The van der Waals surface area contributed by atoms with Gasteiger partial charge in [0.2, 0.25) is 5.91 Å². The molecule has 2 aliphatic heterocycles. The van der Waals surface area contributed by atoms with Gasteiger partial charge in [-0.05, 0) is 80.4 Å². The maximum atomic E-state index is 12.5. The second-order valence-corrected chi connectivity index (χ2v) is 11.1. The summed E-state index contributed by atoms with van der Waals surface area (Å²) in [5.74, 6) is 1.30. The lowest BCUT2D eigenvalue weighted by Gasteiger charge is -2.32. The molecular formula is C28H41N3O4. The highest BCUT2D eigenvalue weighted by Gasteiger charge is 2.34. The SMILES string of the molecule is CC(C)C(=O)c1ccc2c(c1)CCN(CC1CCC(CNC(=O)[C@H]3CCCN3C(=O)O)CC1)CC2. The van der Waals surface area contributed by atoms with Gasteiger partial charge in [0.25, 0.3) is 0 Å². The number of carboxylic acid groups (broad SMARTS) is 1. The van der Waals surface area contributed by atoms with Crippen molar-refractivity contribution in [2.75, 3.05) is 32.7 Å². The Morgan fingerprint density at radius 3 is 2.34 bits per heavy atom. The van der Waals surface area contributed by atoms with E-state index in [9.17, 15) is 19.5 Å². The number of amides is 2. The molecule has 0 unspecified atom stereocenters. The van der Waals surface area contributed by atoms with Crippen LogP contribution in [-0.2, 0) is 17.6 Å². The van der Waals surface area contributed by atoms with E-state index in [1.54, 1.807) is 0 Å². The zero-order valence-electron chi connectivity index (χ0n) is 21.3. The molecule has 1 aliphatic carbocycles. The van der Waals surface area contributed by atoms with Crippen LogP contribution in [0.25, 0.3) is 0 Å². The van der Waals surface area contributed by atoms with E-state index in [1.165, 1.54) is 28.9 Å². The second kappa shape index (κ2) is 11.5. The van der Waals surface area contributed by atoms with E-state index in [2.05, 4.69) is 22.3 Å². The Labute approximate surface area is 209 Å². The third-order valence-corrected chi connectivity index (χ3v) is 8.26. The summed E-state index contributed by atoms with van der Waals surface area (Å²) < 4.78 is 0. The van der Waals surface area contributed by atoms with E-state index in [-0.39, 0.29) is 17.6 Å². The number of carbonyl (C=O) groups is 3. The van der Waals surface area contributed by atoms with E-state index >= 15 is 0 Å². The van der Waals surface area contributed by atoms with Gasteiger partial charge in [-0.1, -0.05) is 26.0 Å². The molecular weight excluding hydrogens is 442 g/mol. The van der Waals surface area contributed by atoms with Gasteiger partial charge in [-0.25, -0.2) is 4.79 Å². The van der Waals surface area contributed by atoms with Crippen LogP contribution in [0.15, 0.2) is 18.2 Å². The number of nitrogens with zero attached hydrogens (tertiary/aromatic N) is 2. The molecule has 2 fully saturated rings. The first-order valence-electron chi connectivity index (χ1n) is 13.5. The number of likely N-dealkylation sites (tertiary alicyclic amines) is 1. The van der Waals surface area contributed by atoms with Crippen molar-refractivity contribution in [2.45, 2.75) is 71.3 Å². The molecule has 0 radical (unpaired) electrons. The summed E-state index contributed by atoms with van der Waals surface area (Å²) in [7, 11) is 0. The molecule has 0 bridgehead atoms. The first-order chi connectivity index (χ1) is 16.8. The number of Topliss-reactive ketones (excluding diaryl/α,β-unsaturated/α-hetero) is 1. The fraction of sp³-hybridized carbons (Fsp3) is 0.679. The fourth-order valence-electron chi connectivity index (χ4n) is 6.05. The summed E-state index contributed by atoms with van der Waals surface area (Å²) in [5.41, 5.74) is 3.57. The molecule has 2 amide bonds. The summed E-state index contributed by atoms with van der Waals surface area (Å²) in [5, 5.41) is 12.3. The Kier molecular flexibility index (Phi) is 8.47. The quantitative estimate of drug-likeness (QED) is 0.573. The Morgan fingerprint density at radius 1 is 0.971 bits per heavy atom. The molecule has 0 spiro atoms. The number of rotatable bonds is 7. The zero-order valence-corrected chi connectivity index (χ0v) is 21.3. The van der Waals surface area contributed by atoms with E-state index in [0.29, 0.717) is 31.3 Å². The van der Waals surface area contributed by atoms with Crippen molar-refractivity contribution in [1.29, 1.82) is 0 Å². The molecule has 1 aromatic carbocycles. The zero-order chi connectivity index (χ0) is 24.9. The second-order valence-electron chi connectivity index (χ2n) is 11.1. The molecule has 1 atom stereocenters. The van der Waals surface area contributed by atoms with Crippen molar-refractivity contribution in [3.8, 4) is 0 Å². The minimum atomic E-state index is -0.996. The van der Waals surface area contributed by atoms with Crippen molar-refractivity contribution < 1.29 is 19.5 Å². The van der Waals surface area contributed by atoms with Gasteiger partial charge in [-0.3, -0.25) is 14.5 Å². The molecule has 2 N–H and O–H groups in total. The highest BCUT2D eigenvalue weighted by Crippen LogP contribution is 2.30. The number of carbonyl (C=O) groups excluding carboxylic acids is 2. The summed E-state index contributed by atoms with van der Waals surface area (Å²) >= 11 is 0. The van der Waals surface area contributed by atoms with E-state index in [1.807, 2.05) is 19.9 Å². The summed E-state index contributed by atoms with van der Waals surface area (Å²) in [6, 6.07) is 5.77. The van der Waals surface area contributed by atoms with Gasteiger partial charge in [0.1, 0.15) is 6.04 Å². The molecule has 4 rings (SSSR count). The van der Waals surface area contributed by atoms with Gasteiger partial charge in [0.05, 0.1) is 0 Å². The molecule has 0 aromatic heterocycles. The number of hydrogen-bond donors (Lipinski definition) is 2. The van der Waals surface area contributed by atoms with Gasteiger partial charge in [0.15, 0.2) is 5.78 Å². The molecule has 1 saturated carbocycles. The molecule has 192 valence electrons. The van der Waals surface area contributed by atoms with E-state index in [0.717, 1.165) is 57.3 Å². The molecule has 2 heterocycles. The number of hydrogen-bond acceptors (Lipinski definition) is 4. The third kappa shape index (κ3) is 6.43. The topological polar surface area (TPSA) is 90.0 Å². The van der Waals surface area contributed by atoms with Gasteiger partial charge in [-0.2, -0.15) is 0 Å². The van der Waals surface area contributed by atoms with Crippen molar-refractivity contribution in [3.05, 3.63) is 34.9 Å². The van der Waals surface area contributed by atoms with Crippen LogP contribution >= 0.6 is 0 Å². The standard InChI is InChI=1S/C28H41N3O4/c1-19(2)26(32)24-10-9-22-11-14-30(15-12-23(22)16-24)18-21-7-5-20(6-8-21)17-29-27(33)25-4-3-13-31(25)28(34)35/h9-10,16,19-21,25H,3-8,11-15,17-18H2,1-2H3,(H,29,33)(H,34,35)/t20?,21?,25-/m1/s1. The van der Waals surface area contributed by atoms with E-state index in [4.69, 9.17) is 0 Å². The molecule has 1 aromatic rings. The fourth-order valence-corrected chi connectivity index (χ4v) is 6.05. The minimum absolute atomic E-state index is 0.0286. The lowest BCUT2D eigenvalue weighted by atomic mass is 9.81. The van der Waals surface area contributed by atoms with Gasteiger partial charge in [-0.15, -0.1) is 0 Å². The first-order valence-corrected chi connectivity index (χ1v) is 13.5. The molecule has 1 saturated heterocycles. The Hall–Kier alpha value is -2.41. The minimum Gasteiger partial charge on any atom is -0.465 e. The van der Waals surface area contributed by atoms with E-state index < -0.39 is 12.1 Å². The van der Waals surface area contributed by atoms with Crippen molar-refractivity contribution in [3.63, 3.8) is 0 Å². The van der Waals surface area contributed by atoms with Crippen LogP contribution in [-0.4, -0.2) is 71.5 Å². The molecule has 7 heteroatoms. The largest absolute Gasteiger partial charge is 0.465 e. The molecule has 35 heavy (non-hydrogen) atoms. The predicted molar refractivity (Wildman–Crippen MR) is 136 cm³/mol. The number of benzene rings is 1. The number of ketones is 1. The van der Waals surface area contributed by atoms with Crippen LogP contribution in [0.4, 0.5) is 4.79 Å². The maximum Gasteiger partial charge on any atom is 0.407 e. The highest BCUT2D eigenvalue weighted by atomic mass is 16.4. The Balaban J connectivity index is 1.19. The summed E-state index contributed by atoms with van der Waals surface area (Å²) in [6.45, 7) is 8.28. The number of nitrogens with one attached hydrogen (secondary N) is 1. The monoisotopic (exact) mass is 483 g/mol. The van der Waals surface area contributed by atoms with Gasteiger partial charge < -0.3 is 15.3 Å². The Bertz CT molecular complexity index is 923. The normalized spacial score (nSPS) is 25.2. The highest BCUT2D eigenvalue weighted by molar-refractivity contribution is 5.97. The summed E-state index contributed by atoms with van der Waals surface area (Å²) in [6.07, 6.45) is 7.04. The first kappa shape index (κ1) is 25.7. The third-order valence-electron chi connectivity index (χ3n) is 8.26. The van der Waals surface area contributed by atoms with Crippen molar-refractivity contribution in [2.24, 2.45) is 17.8 Å². The van der Waals surface area contributed by atoms with Crippen molar-refractivity contribution in [1.82, 2.24) is 15.1 Å². The Morgan fingerprint density at radius 2 is 1.66 bits per heavy atom. The van der Waals surface area contributed by atoms with Gasteiger partial charge >= 0.3 is 6.09 Å². The van der Waals surface area contributed by atoms with Crippen LogP contribution in [0.2, 0.25) is 0 Å². The smallest absolute Gasteiger partial charge is 0.407 e. The van der Waals surface area contributed by atoms with Crippen LogP contribution in [0.5, 0.6) is 0 Å². The average Bonchev–Trinajstić information content (AvgIpc) is 3.27. The van der Waals surface area contributed by atoms with Crippen LogP contribution < -0.4 is 5.32 Å². The lowest BCUT2D eigenvalue weighted by Crippen LogP contribution is -2.46. The average molecular weight is 484 g/mol. The molecule has 3 aliphatic rings. The summed E-state index contributed by atoms with van der Waals surface area (Å²) in [4.78, 5) is 40.1. The van der Waals surface area contributed by atoms with Crippen LogP contribution in [0.1, 0.15) is 73.9 Å². The predicted octanol–water partition coefficient (Wildman–Crippen LogP) is 3.99.